The minimum atomic E-state index is -0.373. The first-order valence-electron chi connectivity index (χ1n) is 11.9. The molecule has 2 saturated carbocycles. The number of likely N-dealkylation sites (tertiary alicyclic amines) is 2. The molecule has 0 radical (unpaired) electrons. The number of rotatable bonds is 2. The van der Waals surface area contributed by atoms with Crippen molar-refractivity contribution in [3.8, 4) is 0 Å². The fourth-order valence-corrected chi connectivity index (χ4v) is 5.04. The number of piperidine rings is 2. The summed E-state index contributed by atoms with van der Waals surface area (Å²) in [6.07, 6.45) is 6.61. The summed E-state index contributed by atoms with van der Waals surface area (Å²) in [7, 11) is 0. The van der Waals surface area contributed by atoms with E-state index < -0.39 is 0 Å². The fraction of sp³-hybridized carbons (Fsp3) is 0.917. The van der Waals surface area contributed by atoms with E-state index in [0.717, 1.165) is 24.7 Å². The smallest absolute Gasteiger partial charge is 0.410 e. The maximum Gasteiger partial charge on any atom is 0.410 e. The van der Waals surface area contributed by atoms with E-state index in [2.05, 4.69) is 13.8 Å². The quantitative estimate of drug-likeness (QED) is 0.582. The summed E-state index contributed by atoms with van der Waals surface area (Å²) in [6, 6.07) is 1.82. The van der Waals surface area contributed by atoms with Crippen molar-refractivity contribution in [2.75, 3.05) is 0 Å². The molecule has 172 valence electrons. The van der Waals surface area contributed by atoms with Crippen LogP contribution < -0.4 is 0 Å². The highest BCUT2D eigenvalue weighted by Crippen LogP contribution is 2.49. The topological polar surface area (TPSA) is 59.1 Å². The van der Waals surface area contributed by atoms with Gasteiger partial charge in [-0.05, 0) is 91.9 Å². The van der Waals surface area contributed by atoms with Gasteiger partial charge in [0.25, 0.3) is 0 Å². The monoisotopic (exact) mass is 422 g/mol. The van der Waals surface area contributed by atoms with E-state index in [-0.39, 0.29) is 23.4 Å². The molecule has 0 aromatic heterocycles. The second-order valence-electron chi connectivity index (χ2n) is 11.5. The predicted molar refractivity (Wildman–Crippen MR) is 117 cm³/mol. The van der Waals surface area contributed by atoms with Gasteiger partial charge in [0.15, 0.2) is 0 Å². The molecular weight excluding hydrogens is 380 g/mol. The Balaban J connectivity index is 0.000000171. The highest BCUT2D eigenvalue weighted by molar-refractivity contribution is 5.70. The van der Waals surface area contributed by atoms with Crippen molar-refractivity contribution in [3.63, 3.8) is 0 Å². The van der Waals surface area contributed by atoms with Crippen molar-refractivity contribution in [1.29, 1.82) is 0 Å². The summed E-state index contributed by atoms with van der Waals surface area (Å²) >= 11 is 0. The summed E-state index contributed by atoms with van der Waals surface area (Å²) in [5, 5.41) is 0. The van der Waals surface area contributed by atoms with Crippen molar-refractivity contribution in [2.45, 2.75) is 129 Å². The lowest BCUT2D eigenvalue weighted by Gasteiger charge is -2.30. The predicted octanol–water partition coefficient (Wildman–Crippen LogP) is 5.59. The largest absolute Gasteiger partial charge is 0.444 e. The van der Waals surface area contributed by atoms with E-state index in [1.54, 1.807) is 0 Å². The van der Waals surface area contributed by atoms with Crippen LogP contribution in [0.4, 0.5) is 9.59 Å². The number of nitrogens with zero attached hydrogens (tertiary/aromatic N) is 2. The van der Waals surface area contributed by atoms with Gasteiger partial charge in [-0.3, -0.25) is 0 Å². The molecule has 0 spiro atoms. The zero-order valence-corrected chi connectivity index (χ0v) is 20.2. The fourth-order valence-electron chi connectivity index (χ4n) is 5.04. The van der Waals surface area contributed by atoms with E-state index in [9.17, 15) is 9.59 Å². The third kappa shape index (κ3) is 5.42. The first-order valence-corrected chi connectivity index (χ1v) is 11.9. The molecule has 30 heavy (non-hydrogen) atoms. The minimum absolute atomic E-state index is 0.112. The van der Waals surface area contributed by atoms with Crippen molar-refractivity contribution < 1.29 is 19.1 Å². The summed E-state index contributed by atoms with van der Waals surface area (Å²) in [5.74, 6) is 1.53. The third-order valence-corrected chi connectivity index (χ3v) is 6.57. The number of carbonyl (C=O) groups excluding carboxylic acids is 2. The van der Waals surface area contributed by atoms with Gasteiger partial charge in [0.05, 0.1) is 0 Å². The minimum Gasteiger partial charge on any atom is -0.444 e. The number of ether oxygens (including phenoxy) is 2. The zero-order valence-electron chi connectivity index (χ0n) is 20.2. The second kappa shape index (κ2) is 8.23. The van der Waals surface area contributed by atoms with Gasteiger partial charge < -0.3 is 19.3 Å². The SMILES string of the molecule is CC[C@@H]1C[C@@H]2C[C@@H]2N1C(=O)OC(C)(C)C.CC[C@@H]1C[C@H]2C[C@H]2N1C(=O)OC(C)(C)C. The molecular formula is C24H42N2O4. The number of carbonyl (C=O) groups is 2. The van der Waals surface area contributed by atoms with E-state index in [1.165, 1.54) is 25.7 Å². The van der Waals surface area contributed by atoms with Gasteiger partial charge in [0.1, 0.15) is 11.2 Å². The van der Waals surface area contributed by atoms with Crippen LogP contribution >= 0.6 is 0 Å². The molecule has 0 N–H and O–H groups in total. The highest BCUT2D eigenvalue weighted by atomic mass is 16.6. The Bertz CT molecular complexity index is 595. The molecule has 6 atom stereocenters. The molecule has 4 fully saturated rings. The second-order valence-corrected chi connectivity index (χ2v) is 11.5. The van der Waals surface area contributed by atoms with Crippen LogP contribution in [0.15, 0.2) is 0 Å². The Morgan fingerprint density at radius 1 is 0.700 bits per heavy atom. The third-order valence-electron chi connectivity index (χ3n) is 6.57. The van der Waals surface area contributed by atoms with Crippen molar-refractivity contribution in [2.24, 2.45) is 11.8 Å². The lowest BCUT2D eigenvalue weighted by molar-refractivity contribution is 0.0170. The first kappa shape index (κ1) is 23.2. The maximum atomic E-state index is 12.0. The molecule has 6 nitrogen and oxygen atoms in total. The lowest BCUT2D eigenvalue weighted by atomic mass is 10.1. The van der Waals surface area contributed by atoms with Gasteiger partial charge in [-0.2, -0.15) is 0 Å². The molecule has 6 heteroatoms. The lowest BCUT2D eigenvalue weighted by Crippen LogP contribution is -2.41. The van der Waals surface area contributed by atoms with E-state index in [0.29, 0.717) is 24.2 Å². The van der Waals surface area contributed by atoms with Crippen molar-refractivity contribution in [3.05, 3.63) is 0 Å². The molecule has 0 bridgehead atoms. The van der Waals surface area contributed by atoms with Gasteiger partial charge in [-0.25, -0.2) is 9.59 Å². The van der Waals surface area contributed by atoms with Gasteiger partial charge in [-0.1, -0.05) is 13.8 Å². The molecule has 2 aliphatic carbocycles. The standard InChI is InChI=1S/2C12H21NO2/c2*1-5-9-6-8-7-10(8)13(9)11(14)15-12(2,3)4/h2*8-10H,5-7H2,1-4H3/t8-,9+,10+;8-,9-,10+/m01/s1. The maximum absolute atomic E-state index is 12.0. The molecule has 4 aliphatic rings. The molecule has 0 aromatic rings. The van der Waals surface area contributed by atoms with Crippen molar-refractivity contribution >= 4 is 12.2 Å². The van der Waals surface area contributed by atoms with Crippen LogP contribution in [0.5, 0.6) is 0 Å². The Kier molecular flexibility index (Phi) is 6.37. The highest BCUT2D eigenvalue weighted by Gasteiger charge is 2.55. The summed E-state index contributed by atoms with van der Waals surface area (Å²) in [5.41, 5.74) is -0.745. The number of amides is 2. The Morgan fingerprint density at radius 2 is 1.03 bits per heavy atom. The zero-order chi connectivity index (χ0) is 22.4. The van der Waals surface area contributed by atoms with Crippen LogP contribution in [0.1, 0.15) is 93.9 Å². The Morgan fingerprint density at radius 3 is 1.30 bits per heavy atom. The van der Waals surface area contributed by atoms with Crippen LogP contribution in [-0.2, 0) is 9.47 Å². The Labute approximate surface area is 182 Å². The normalized spacial score (nSPS) is 33.9. The van der Waals surface area contributed by atoms with Gasteiger partial charge >= 0.3 is 12.2 Å². The van der Waals surface area contributed by atoms with Gasteiger partial charge in [0.2, 0.25) is 0 Å². The first-order chi connectivity index (χ1) is 13.8. The molecule has 4 rings (SSSR count). The number of fused-ring (bicyclic) bond motifs is 2. The van der Waals surface area contributed by atoms with Crippen LogP contribution in [-0.4, -0.2) is 57.4 Å². The summed E-state index contributed by atoms with van der Waals surface area (Å²) in [4.78, 5) is 27.9. The average Bonchev–Trinajstić information content (AvgIpc) is 3.47. The molecule has 0 aromatic carbocycles. The van der Waals surface area contributed by atoms with Crippen LogP contribution in [0, 0.1) is 11.8 Å². The molecule has 2 saturated heterocycles. The van der Waals surface area contributed by atoms with Crippen LogP contribution in [0.3, 0.4) is 0 Å². The van der Waals surface area contributed by atoms with E-state index >= 15 is 0 Å². The number of hydrogen-bond donors (Lipinski definition) is 0. The van der Waals surface area contributed by atoms with Gasteiger partial charge in [0, 0.05) is 24.2 Å². The summed E-state index contributed by atoms with van der Waals surface area (Å²) < 4.78 is 10.9. The molecule has 2 amide bonds. The van der Waals surface area contributed by atoms with E-state index in [1.807, 2.05) is 51.3 Å². The number of hydrogen-bond acceptors (Lipinski definition) is 4. The Hall–Kier alpha value is -1.46. The van der Waals surface area contributed by atoms with Crippen LogP contribution in [0.2, 0.25) is 0 Å². The molecule has 2 heterocycles. The van der Waals surface area contributed by atoms with Crippen LogP contribution in [0.25, 0.3) is 0 Å². The van der Waals surface area contributed by atoms with E-state index in [4.69, 9.17) is 9.47 Å². The van der Waals surface area contributed by atoms with Crippen molar-refractivity contribution in [1.82, 2.24) is 9.80 Å². The van der Waals surface area contributed by atoms with Gasteiger partial charge in [-0.15, -0.1) is 0 Å². The molecule has 0 unspecified atom stereocenters. The summed E-state index contributed by atoms with van der Waals surface area (Å²) in [6.45, 7) is 15.8. The average molecular weight is 423 g/mol. The molecule has 2 aliphatic heterocycles.